The van der Waals surface area contributed by atoms with Crippen LogP contribution in [0.3, 0.4) is 0 Å². The maximum absolute atomic E-state index is 9.10. The van der Waals surface area contributed by atoms with E-state index in [1.165, 1.54) is 0 Å². The molecule has 0 aromatic heterocycles. The molecule has 0 saturated heterocycles. The molecule has 0 spiro atoms. The topological polar surface area (TPSA) is 40.5 Å². The number of aliphatic hydroxyl groups is 2. The van der Waals surface area contributed by atoms with Crippen molar-refractivity contribution in [1.29, 1.82) is 0 Å². The first-order valence-electron chi connectivity index (χ1n) is 4.14. The fraction of sp³-hybridized carbons (Fsp3) is 0.778. The van der Waals surface area contributed by atoms with Crippen molar-refractivity contribution >= 4 is 0 Å². The van der Waals surface area contributed by atoms with E-state index in [1.54, 1.807) is 0 Å². The van der Waals surface area contributed by atoms with E-state index in [9.17, 15) is 0 Å². The molecule has 1 unspecified atom stereocenters. The molecule has 0 aromatic carbocycles. The van der Waals surface area contributed by atoms with Gasteiger partial charge in [0, 0.05) is 5.41 Å². The monoisotopic (exact) mass is 156 g/mol. The number of rotatable bonds is 2. The minimum atomic E-state index is -0.349. The fourth-order valence-electron chi connectivity index (χ4n) is 1.58. The van der Waals surface area contributed by atoms with E-state index in [-0.39, 0.29) is 18.6 Å². The summed E-state index contributed by atoms with van der Waals surface area (Å²) in [6.07, 6.45) is 6.15. The highest BCUT2D eigenvalue weighted by atomic mass is 16.3. The number of allylic oxidation sites excluding steroid dienone is 1. The third kappa shape index (κ3) is 1.47. The Morgan fingerprint density at radius 1 is 1.45 bits per heavy atom. The Morgan fingerprint density at radius 3 is 2.45 bits per heavy atom. The molecule has 1 aliphatic carbocycles. The second kappa shape index (κ2) is 3.37. The quantitative estimate of drug-likeness (QED) is 0.584. The van der Waals surface area contributed by atoms with E-state index in [2.05, 4.69) is 6.92 Å². The zero-order chi connectivity index (χ0) is 8.32. The summed E-state index contributed by atoms with van der Waals surface area (Å²) >= 11 is 0. The predicted molar refractivity (Wildman–Crippen MR) is 44.1 cm³/mol. The summed E-state index contributed by atoms with van der Waals surface area (Å²) in [5, 5.41) is 18.2. The fourth-order valence-corrected chi connectivity index (χ4v) is 1.58. The molecule has 0 bridgehead atoms. The summed E-state index contributed by atoms with van der Waals surface area (Å²) in [6, 6.07) is 0. The number of hydrogen-bond acceptors (Lipinski definition) is 2. The minimum Gasteiger partial charge on any atom is -0.395 e. The van der Waals surface area contributed by atoms with Crippen molar-refractivity contribution in [3.8, 4) is 0 Å². The summed E-state index contributed by atoms with van der Waals surface area (Å²) in [6.45, 7) is 2.19. The summed E-state index contributed by atoms with van der Waals surface area (Å²) in [7, 11) is 0. The zero-order valence-corrected chi connectivity index (χ0v) is 6.95. The van der Waals surface area contributed by atoms with Crippen molar-refractivity contribution in [2.45, 2.75) is 19.8 Å². The molecule has 0 fully saturated rings. The molecule has 0 heterocycles. The van der Waals surface area contributed by atoms with E-state index in [4.69, 9.17) is 10.2 Å². The van der Waals surface area contributed by atoms with Gasteiger partial charge in [0.1, 0.15) is 0 Å². The van der Waals surface area contributed by atoms with Crippen LogP contribution in [0.5, 0.6) is 0 Å². The lowest BCUT2D eigenvalue weighted by Gasteiger charge is -2.35. The van der Waals surface area contributed by atoms with Crippen LogP contribution in [0.2, 0.25) is 0 Å². The lowest BCUT2D eigenvalue weighted by molar-refractivity contribution is 0.0428. The SMILES string of the molecule is CC1CCC=CC1(CO)CO. The standard InChI is InChI=1S/C9H16O2/c1-8-4-2-3-5-9(8,6-10)7-11/h3,5,8,10-11H,2,4,6-7H2,1H3. The lowest BCUT2D eigenvalue weighted by Crippen LogP contribution is -2.36. The molecule has 0 saturated carbocycles. The van der Waals surface area contributed by atoms with Crippen molar-refractivity contribution in [2.24, 2.45) is 11.3 Å². The molecular formula is C9H16O2. The predicted octanol–water partition coefficient (Wildman–Crippen LogP) is 0.944. The molecule has 0 amide bonds. The second-order valence-electron chi connectivity index (χ2n) is 3.43. The van der Waals surface area contributed by atoms with E-state index in [0.717, 1.165) is 12.8 Å². The van der Waals surface area contributed by atoms with Gasteiger partial charge in [-0.05, 0) is 18.8 Å². The van der Waals surface area contributed by atoms with Gasteiger partial charge in [-0.25, -0.2) is 0 Å². The molecule has 2 N–H and O–H groups in total. The smallest absolute Gasteiger partial charge is 0.0546 e. The molecule has 2 nitrogen and oxygen atoms in total. The first kappa shape index (κ1) is 8.75. The Bertz CT molecular complexity index is 148. The average molecular weight is 156 g/mol. The average Bonchev–Trinajstić information content (AvgIpc) is 2.06. The second-order valence-corrected chi connectivity index (χ2v) is 3.43. The summed E-state index contributed by atoms with van der Waals surface area (Å²) in [4.78, 5) is 0. The molecular weight excluding hydrogens is 140 g/mol. The zero-order valence-electron chi connectivity index (χ0n) is 6.95. The van der Waals surface area contributed by atoms with Crippen LogP contribution < -0.4 is 0 Å². The Hall–Kier alpha value is -0.340. The maximum Gasteiger partial charge on any atom is 0.0546 e. The first-order chi connectivity index (χ1) is 5.25. The van der Waals surface area contributed by atoms with Crippen molar-refractivity contribution in [2.75, 3.05) is 13.2 Å². The van der Waals surface area contributed by atoms with Crippen LogP contribution in [0.15, 0.2) is 12.2 Å². The number of aliphatic hydroxyl groups excluding tert-OH is 2. The van der Waals surface area contributed by atoms with E-state index >= 15 is 0 Å². The van der Waals surface area contributed by atoms with Crippen molar-refractivity contribution in [1.82, 2.24) is 0 Å². The molecule has 0 aliphatic heterocycles. The number of hydrogen-bond donors (Lipinski definition) is 2. The van der Waals surface area contributed by atoms with Gasteiger partial charge >= 0.3 is 0 Å². The van der Waals surface area contributed by atoms with Crippen LogP contribution in [0.1, 0.15) is 19.8 Å². The van der Waals surface area contributed by atoms with Gasteiger partial charge in [-0.2, -0.15) is 0 Å². The van der Waals surface area contributed by atoms with E-state index < -0.39 is 0 Å². The largest absolute Gasteiger partial charge is 0.395 e. The van der Waals surface area contributed by atoms with Gasteiger partial charge in [0.15, 0.2) is 0 Å². The van der Waals surface area contributed by atoms with Crippen molar-refractivity contribution < 1.29 is 10.2 Å². The molecule has 1 atom stereocenters. The van der Waals surface area contributed by atoms with E-state index in [0.29, 0.717) is 5.92 Å². The summed E-state index contributed by atoms with van der Waals surface area (Å²) < 4.78 is 0. The van der Waals surface area contributed by atoms with Crippen LogP contribution in [0, 0.1) is 11.3 Å². The Balaban J connectivity index is 2.77. The van der Waals surface area contributed by atoms with E-state index in [1.807, 2.05) is 12.2 Å². The Labute approximate surface area is 67.6 Å². The molecule has 1 aliphatic rings. The van der Waals surface area contributed by atoms with Crippen molar-refractivity contribution in [3.63, 3.8) is 0 Å². The van der Waals surface area contributed by atoms with Gasteiger partial charge in [-0.15, -0.1) is 0 Å². The van der Waals surface area contributed by atoms with Crippen LogP contribution >= 0.6 is 0 Å². The van der Waals surface area contributed by atoms with Gasteiger partial charge in [0.25, 0.3) is 0 Å². The van der Waals surface area contributed by atoms with Crippen LogP contribution in [0.4, 0.5) is 0 Å². The third-order valence-corrected chi connectivity index (χ3v) is 2.79. The van der Waals surface area contributed by atoms with Gasteiger partial charge in [0.2, 0.25) is 0 Å². The highest BCUT2D eigenvalue weighted by Gasteiger charge is 2.33. The molecule has 64 valence electrons. The third-order valence-electron chi connectivity index (χ3n) is 2.79. The Morgan fingerprint density at radius 2 is 2.09 bits per heavy atom. The van der Waals surface area contributed by atoms with Gasteiger partial charge in [0.05, 0.1) is 13.2 Å². The molecule has 2 heteroatoms. The maximum atomic E-state index is 9.10. The molecule has 0 radical (unpaired) electrons. The first-order valence-corrected chi connectivity index (χ1v) is 4.14. The summed E-state index contributed by atoms with van der Waals surface area (Å²) in [5.74, 6) is 0.391. The van der Waals surface area contributed by atoms with Crippen molar-refractivity contribution in [3.05, 3.63) is 12.2 Å². The van der Waals surface area contributed by atoms with Gasteiger partial charge in [-0.3, -0.25) is 0 Å². The molecule has 1 rings (SSSR count). The lowest BCUT2D eigenvalue weighted by atomic mass is 9.72. The molecule has 11 heavy (non-hydrogen) atoms. The Kier molecular flexibility index (Phi) is 2.68. The molecule has 0 aromatic rings. The van der Waals surface area contributed by atoms with Crippen LogP contribution in [-0.2, 0) is 0 Å². The normalized spacial score (nSPS) is 28.8. The van der Waals surface area contributed by atoms with Crippen LogP contribution in [-0.4, -0.2) is 23.4 Å². The minimum absolute atomic E-state index is 0.0567. The van der Waals surface area contributed by atoms with Gasteiger partial charge in [-0.1, -0.05) is 19.1 Å². The van der Waals surface area contributed by atoms with Crippen LogP contribution in [0.25, 0.3) is 0 Å². The highest BCUT2D eigenvalue weighted by molar-refractivity contribution is 5.06. The van der Waals surface area contributed by atoms with Gasteiger partial charge < -0.3 is 10.2 Å². The highest BCUT2D eigenvalue weighted by Crippen LogP contribution is 2.35. The summed E-state index contributed by atoms with van der Waals surface area (Å²) in [5.41, 5.74) is -0.349.